The molecule has 0 aliphatic carbocycles. The Morgan fingerprint density at radius 1 is 1.16 bits per heavy atom. The van der Waals surface area contributed by atoms with E-state index in [0.717, 1.165) is 31.6 Å². The Hall–Kier alpha value is -2.49. The first kappa shape index (κ1) is 21.7. The number of anilines is 1. The summed E-state index contributed by atoms with van der Waals surface area (Å²) in [6, 6.07) is 13.5. The molecule has 0 saturated carbocycles. The smallest absolute Gasteiger partial charge is 0.234 e. The van der Waals surface area contributed by atoms with Gasteiger partial charge < -0.3 is 10.6 Å². The molecule has 6 nitrogen and oxygen atoms in total. The molecule has 2 heterocycles. The number of piperidine rings is 1. The van der Waals surface area contributed by atoms with E-state index in [1.807, 2.05) is 18.2 Å². The highest BCUT2D eigenvalue weighted by molar-refractivity contribution is 8.00. The van der Waals surface area contributed by atoms with E-state index in [1.165, 1.54) is 23.4 Å². The zero-order valence-corrected chi connectivity index (χ0v) is 17.6. The molecule has 2 aromatic carbocycles. The summed E-state index contributed by atoms with van der Waals surface area (Å²) in [5.41, 5.74) is 1.05. The van der Waals surface area contributed by atoms with Crippen molar-refractivity contribution in [1.82, 2.24) is 15.5 Å². The van der Waals surface area contributed by atoms with Crippen LogP contribution in [0.3, 0.4) is 0 Å². The van der Waals surface area contributed by atoms with E-state index in [2.05, 4.69) is 33.0 Å². The molecule has 0 bridgehead atoms. The summed E-state index contributed by atoms with van der Waals surface area (Å²) >= 11 is 1.26. The molecular formula is C22H24F2N4O2S. The maximum absolute atomic E-state index is 13.3. The predicted octanol–water partition coefficient (Wildman–Crippen LogP) is 2.53. The number of hydrogen-bond acceptors (Lipinski definition) is 5. The van der Waals surface area contributed by atoms with E-state index in [0.29, 0.717) is 6.54 Å². The Morgan fingerprint density at radius 3 is 2.74 bits per heavy atom. The molecule has 2 fully saturated rings. The van der Waals surface area contributed by atoms with E-state index < -0.39 is 11.6 Å². The lowest BCUT2D eigenvalue weighted by atomic mass is 9.89. The second-order valence-corrected chi connectivity index (χ2v) is 8.86. The summed E-state index contributed by atoms with van der Waals surface area (Å²) in [4.78, 5) is 27.1. The third-order valence-corrected chi connectivity index (χ3v) is 6.52. The van der Waals surface area contributed by atoms with E-state index in [9.17, 15) is 18.4 Å². The van der Waals surface area contributed by atoms with Crippen LogP contribution in [0, 0.1) is 17.6 Å². The van der Waals surface area contributed by atoms with Crippen molar-refractivity contribution in [3.8, 4) is 0 Å². The van der Waals surface area contributed by atoms with Crippen LogP contribution in [-0.2, 0) is 16.1 Å². The molecule has 3 N–H and O–H groups in total. The summed E-state index contributed by atoms with van der Waals surface area (Å²) in [5.74, 6) is -2.42. The Labute approximate surface area is 183 Å². The second kappa shape index (κ2) is 9.76. The second-order valence-electron chi connectivity index (χ2n) is 7.77. The van der Waals surface area contributed by atoms with Crippen LogP contribution in [-0.4, -0.2) is 47.1 Å². The number of carbonyl (C=O) groups is 2. The van der Waals surface area contributed by atoms with Crippen molar-refractivity contribution in [2.24, 2.45) is 5.92 Å². The fraction of sp³-hybridized carbons (Fsp3) is 0.364. The van der Waals surface area contributed by atoms with E-state index in [1.54, 1.807) is 0 Å². The van der Waals surface area contributed by atoms with Crippen LogP contribution in [0.4, 0.5) is 14.5 Å². The lowest BCUT2D eigenvalue weighted by Gasteiger charge is -2.43. The van der Waals surface area contributed by atoms with Gasteiger partial charge in [0.1, 0.15) is 5.50 Å². The third kappa shape index (κ3) is 5.61. The van der Waals surface area contributed by atoms with Crippen molar-refractivity contribution in [1.29, 1.82) is 0 Å². The monoisotopic (exact) mass is 446 g/mol. The SMILES string of the molecule is O=C(CSC1NC(=O)C2CN(Cc3ccccc3)CCC2N1)Nc1ccc(F)c(F)c1. The minimum absolute atomic E-state index is 0.0139. The molecule has 2 aromatic rings. The Kier molecular flexibility index (Phi) is 6.84. The van der Waals surface area contributed by atoms with Gasteiger partial charge in [-0.15, -0.1) is 11.8 Å². The van der Waals surface area contributed by atoms with Crippen molar-refractivity contribution < 1.29 is 18.4 Å². The largest absolute Gasteiger partial charge is 0.331 e. The first-order valence-corrected chi connectivity index (χ1v) is 11.2. The van der Waals surface area contributed by atoms with Crippen LogP contribution in [0.2, 0.25) is 0 Å². The van der Waals surface area contributed by atoms with Crippen molar-refractivity contribution in [2.45, 2.75) is 24.5 Å². The average Bonchev–Trinajstić information content (AvgIpc) is 2.76. The number of thioether (sulfide) groups is 1. The quantitative estimate of drug-likeness (QED) is 0.636. The highest BCUT2D eigenvalue weighted by atomic mass is 32.2. The van der Waals surface area contributed by atoms with Crippen molar-refractivity contribution in [3.05, 3.63) is 65.7 Å². The van der Waals surface area contributed by atoms with Crippen molar-refractivity contribution in [2.75, 3.05) is 24.2 Å². The van der Waals surface area contributed by atoms with Gasteiger partial charge >= 0.3 is 0 Å². The fourth-order valence-electron chi connectivity index (χ4n) is 3.96. The Bertz CT molecular complexity index is 946. The molecule has 2 aliphatic heterocycles. The van der Waals surface area contributed by atoms with Crippen LogP contribution in [0.25, 0.3) is 0 Å². The normalized spacial score (nSPS) is 23.7. The molecule has 2 saturated heterocycles. The number of likely N-dealkylation sites (tertiary alicyclic amines) is 1. The molecule has 9 heteroatoms. The molecular weight excluding hydrogens is 422 g/mol. The summed E-state index contributed by atoms with van der Waals surface area (Å²) in [5, 5.41) is 8.89. The number of amides is 2. The predicted molar refractivity (Wildman–Crippen MR) is 116 cm³/mol. The van der Waals surface area contributed by atoms with Gasteiger partial charge in [-0.25, -0.2) is 8.78 Å². The maximum Gasteiger partial charge on any atom is 0.234 e. The molecule has 0 spiro atoms. The molecule has 3 unspecified atom stereocenters. The van der Waals surface area contributed by atoms with Gasteiger partial charge in [0.15, 0.2) is 11.6 Å². The standard InChI is InChI=1S/C22H24F2N4O2S/c23-17-7-6-15(10-18(17)24)25-20(29)13-31-22-26-19-8-9-28(12-16(19)21(30)27-22)11-14-4-2-1-3-5-14/h1-7,10,16,19,22,26H,8-9,11-13H2,(H,25,29)(H,27,30). The first-order chi connectivity index (χ1) is 15.0. The number of benzene rings is 2. The topological polar surface area (TPSA) is 73.5 Å². The number of fused-ring (bicyclic) bond motifs is 1. The van der Waals surface area contributed by atoms with Gasteiger partial charge in [0.25, 0.3) is 0 Å². The number of halogens is 2. The average molecular weight is 447 g/mol. The van der Waals surface area contributed by atoms with Crippen molar-refractivity contribution in [3.63, 3.8) is 0 Å². The molecule has 0 radical (unpaired) electrons. The van der Waals surface area contributed by atoms with Crippen molar-refractivity contribution >= 4 is 29.3 Å². The summed E-state index contributed by atoms with van der Waals surface area (Å²) in [6.07, 6.45) is 0.850. The minimum atomic E-state index is -1.02. The van der Waals surface area contributed by atoms with Gasteiger partial charge in [-0.3, -0.25) is 19.8 Å². The summed E-state index contributed by atoms with van der Waals surface area (Å²) < 4.78 is 26.3. The lowest BCUT2D eigenvalue weighted by Crippen LogP contribution is -2.64. The van der Waals surface area contributed by atoms with Crippen LogP contribution in [0.5, 0.6) is 0 Å². The molecule has 4 rings (SSSR count). The van der Waals surface area contributed by atoms with E-state index in [-0.39, 0.29) is 40.7 Å². The third-order valence-electron chi connectivity index (χ3n) is 5.51. The first-order valence-electron chi connectivity index (χ1n) is 10.2. The molecule has 31 heavy (non-hydrogen) atoms. The highest BCUT2D eigenvalue weighted by Crippen LogP contribution is 2.25. The Balaban J connectivity index is 1.25. The molecule has 2 amide bonds. The van der Waals surface area contributed by atoms with Gasteiger partial charge in [0.2, 0.25) is 11.8 Å². The lowest BCUT2D eigenvalue weighted by molar-refractivity contribution is -0.130. The zero-order valence-electron chi connectivity index (χ0n) is 16.8. The maximum atomic E-state index is 13.3. The fourth-order valence-corrected chi connectivity index (χ4v) is 4.82. The van der Waals surface area contributed by atoms with Gasteiger partial charge in [0, 0.05) is 37.4 Å². The molecule has 0 aromatic heterocycles. The van der Waals surface area contributed by atoms with E-state index in [4.69, 9.17) is 0 Å². The van der Waals surface area contributed by atoms with Gasteiger partial charge in [0.05, 0.1) is 11.7 Å². The van der Waals surface area contributed by atoms with Crippen LogP contribution >= 0.6 is 11.8 Å². The number of hydrogen-bond donors (Lipinski definition) is 3. The minimum Gasteiger partial charge on any atom is -0.331 e. The Morgan fingerprint density at radius 2 is 1.97 bits per heavy atom. The summed E-state index contributed by atoms with van der Waals surface area (Å²) in [7, 11) is 0. The molecule has 164 valence electrons. The zero-order chi connectivity index (χ0) is 21.8. The number of carbonyl (C=O) groups excluding carboxylic acids is 2. The van der Waals surface area contributed by atoms with Crippen LogP contribution in [0.15, 0.2) is 48.5 Å². The number of rotatable bonds is 6. The van der Waals surface area contributed by atoms with E-state index >= 15 is 0 Å². The van der Waals surface area contributed by atoms with Gasteiger partial charge in [-0.1, -0.05) is 30.3 Å². The number of nitrogens with one attached hydrogen (secondary N) is 3. The number of nitrogens with zero attached hydrogens (tertiary/aromatic N) is 1. The van der Waals surface area contributed by atoms with Gasteiger partial charge in [-0.2, -0.15) is 0 Å². The molecule has 2 aliphatic rings. The van der Waals surface area contributed by atoms with Gasteiger partial charge in [-0.05, 0) is 24.1 Å². The van der Waals surface area contributed by atoms with Crippen LogP contribution in [0.1, 0.15) is 12.0 Å². The van der Waals surface area contributed by atoms with Crippen LogP contribution < -0.4 is 16.0 Å². The molecule has 3 atom stereocenters. The summed E-state index contributed by atoms with van der Waals surface area (Å²) in [6.45, 7) is 2.40. The highest BCUT2D eigenvalue weighted by Gasteiger charge is 2.39.